The number of nitrogens with two attached hydrogens (primary N) is 2. The van der Waals surface area contributed by atoms with E-state index in [0.29, 0.717) is 17.9 Å². The number of nitrogens with zero attached hydrogens (tertiary/aromatic N) is 4. The van der Waals surface area contributed by atoms with Gasteiger partial charge in [-0.05, 0) is 37.5 Å². The Morgan fingerprint density at radius 3 is 2.42 bits per heavy atom. The Balaban J connectivity index is 1.47. The van der Waals surface area contributed by atoms with E-state index in [1.807, 2.05) is 12.1 Å². The van der Waals surface area contributed by atoms with Crippen molar-refractivity contribution >= 4 is 29.1 Å². The van der Waals surface area contributed by atoms with Gasteiger partial charge in [0, 0.05) is 54.9 Å². The van der Waals surface area contributed by atoms with Crippen LogP contribution in [0.3, 0.4) is 0 Å². The first kappa shape index (κ1) is 17.4. The molecule has 2 aromatic rings. The van der Waals surface area contributed by atoms with Crippen molar-refractivity contribution in [2.24, 2.45) is 5.73 Å². The molecule has 1 saturated heterocycles. The average molecular weight is 373 g/mol. The second-order valence-electron chi connectivity index (χ2n) is 7.34. The zero-order chi connectivity index (χ0) is 18.3. The van der Waals surface area contributed by atoms with Crippen LogP contribution in [0.5, 0.6) is 0 Å². The maximum absolute atomic E-state index is 6.18. The van der Waals surface area contributed by atoms with Crippen molar-refractivity contribution in [2.45, 2.75) is 31.7 Å². The third-order valence-electron chi connectivity index (χ3n) is 5.46. The molecule has 4 rings (SSSR count). The maximum Gasteiger partial charge on any atom is 0.222 e. The lowest BCUT2D eigenvalue weighted by molar-refractivity contribution is 0.345. The molecule has 26 heavy (non-hydrogen) atoms. The molecule has 2 heterocycles. The van der Waals surface area contributed by atoms with Gasteiger partial charge >= 0.3 is 0 Å². The van der Waals surface area contributed by atoms with E-state index in [-0.39, 0.29) is 0 Å². The van der Waals surface area contributed by atoms with E-state index in [0.717, 1.165) is 55.6 Å². The molecule has 1 aromatic heterocycles. The third kappa shape index (κ3) is 3.44. The van der Waals surface area contributed by atoms with Gasteiger partial charge in [0.15, 0.2) is 0 Å². The van der Waals surface area contributed by atoms with Gasteiger partial charge in [-0.2, -0.15) is 4.98 Å². The molecule has 0 amide bonds. The normalized spacial score (nSPS) is 23.0. The molecule has 0 unspecified atom stereocenters. The number of hydrogen-bond donors (Lipinski definition) is 2. The Bertz CT molecular complexity index is 797. The van der Waals surface area contributed by atoms with Gasteiger partial charge in [-0.25, -0.2) is 4.98 Å². The Labute approximate surface area is 159 Å². The molecule has 6 nitrogen and oxygen atoms in total. The molecule has 0 spiro atoms. The van der Waals surface area contributed by atoms with Gasteiger partial charge in [0.05, 0.1) is 5.69 Å². The topological polar surface area (TPSA) is 84.3 Å². The van der Waals surface area contributed by atoms with Crippen LogP contribution in [0.25, 0.3) is 0 Å². The van der Waals surface area contributed by atoms with Gasteiger partial charge in [-0.15, -0.1) is 0 Å². The zero-order valence-corrected chi connectivity index (χ0v) is 15.8. The lowest BCUT2D eigenvalue weighted by atomic mass is 9.78. The van der Waals surface area contributed by atoms with E-state index in [2.05, 4.69) is 38.8 Å². The largest absolute Gasteiger partial charge is 0.368 e. The van der Waals surface area contributed by atoms with Crippen LogP contribution in [0, 0.1) is 6.92 Å². The standard InChI is InChI=1S/C19H25ClN6/c1-12-2-3-14(20)10-17(12)25-4-6-26(7-5-25)18-11-16(23-19(22)24-18)13-8-15(21)9-13/h2-3,10-11,13,15H,4-9,21H2,1H3,(H2,22,23,24). The van der Waals surface area contributed by atoms with E-state index in [4.69, 9.17) is 23.1 Å². The van der Waals surface area contributed by atoms with Crippen LogP contribution >= 0.6 is 11.6 Å². The average Bonchev–Trinajstić information content (AvgIpc) is 2.61. The quantitative estimate of drug-likeness (QED) is 0.861. The van der Waals surface area contributed by atoms with Crippen molar-refractivity contribution in [3.05, 3.63) is 40.5 Å². The SMILES string of the molecule is Cc1ccc(Cl)cc1N1CCN(c2cc(C3CC(N)C3)nc(N)n2)CC1. The number of anilines is 3. The number of halogens is 1. The summed E-state index contributed by atoms with van der Waals surface area (Å²) in [6.45, 7) is 5.76. The van der Waals surface area contributed by atoms with Crippen molar-refractivity contribution in [3.63, 3.8) is 0 Å². The fourth-order valence-electron chi connectivity index (χ4n) is 3.85. The van der Waals surface area contributed by atoms with Gasteiger partial charge in [0.2, 0.25) is 5.95 Å². The predicted molar refractivity (Wildman–Crippen MR) is 107 cm³/mol. The van der Waals surface area contributed by atoms with E-state index >= 15 is 0 Å². The highest BCUT2D eigenvalue weighted by molar-refractivity contribution is 6.30. The molecule has 4 N–H and O–H groups in total. The summed E-state index contributed by atoms with van der Waals surface area (Å²) in [7, 11) is 0. The molecule has 0 radical (unpaired) electrons. The molecular formula is C19H25ClN6. The van der Waals surface area contributed by atoms with Crippen molar-refractivity contribution in [3.8, 4) is 0 Å². The van der Waals surface area contributed by atoms with E-state index < -0.39 is 0 Å². The fourth-order valence-corrected chi connectivity index (χ4v) is 4.01. The third-order valence-corrected chi connectivity index (χ3v) is 5.69. The Morgan fingerprint density at radius 1 is 1.04 bits per heavy atom. The number of rotatable bonds is 3. The van der Waals surface area contributed by atoms with Crippen molar-refractivity contribution in [2.75, 3.05) is 41.7 Å². The maximum atomic E-state index is 6.18. The minimum absolute atomic E-state index is 0.295. The highest BCUT2D eigenvalue weighted by atomic mass is 35.5. The second kappa shape index (κ2) is 6.93. The molecule has 1 saturated carbocycles. The molecule has 1 aromatic carbocycles. The van der Waals surface area contributed by atoms with Crippen LogP contribution in [0.15, 0.2) is 24.3 Å². The summed E-state index contributed by atoms with van der Waals surface area (Å²) >= 11 is 6.18. The predicted octanol–water partition coefficient (Wildman–Crippen LogP) is 2.55. The Morgan fingerprint density at radius 2 is 1.73 bits per heavy atom. The fraction of sp³-hybridized carbons (Fsp3) is 0.474. The first-order valence-electron chi connectivity index (χ1n) is 9.15. The van der Waals surface area contributed by atoms with Crippen LogP contribution in [-0.2, 0) is 0 Å². The number of hydrogen-bond acceptors (Lipinski definition) is 6. The monoisotopic (exact) mass is 372 g/mol. The van der Waals surface area contributed by atoms with Crippen LogP contribution < -0.4 is 21.3 Å². The summed E-state index contributed by atoms with van der Waals surface area (Å²) in [5.74, 6) is 1.70. The van der Waals surface area contributed by atoms with Crippen LogP contribution in [0.4, 0.5) is 17.5 Å². The molecule has 138 valence electrons. The summed E-state index contributed by atoms with van der Waals surface area (Å²) in [4.78, 5) is 13.6. The van der Waals surface area contributed by atoms with E-state index in [9.17, 15) is 0 Å². The minimum atomic E-state index is 0.295. The molecule has 7 heteroatoms. The molecule has 1 aliphatic heterocycles. The van der Waals surface area contributed by atoms with Gasteiger partial charge in [-0.1, -0.05) is 17.7 Å². The second-order valence-corrected chi connectivity index (χ2v) is 7.78. The first-order valence-corrected chi connectivity index (χ1v) is 9.53. The zero-order valence-electron chi connectivity index (χ0n) is 15.0. The number of piperazine rings is 1. The lowest BCUT2D eigenvalue weighted by Crippen LogP contribution is -2.47. The van der Waals surface area contributed by atoms with E-state index in [1.54, 1.807) is 0 Å². The summed E-state index contributed by atoms with van der Waals surface area (Å²) in [6.07, 6.45) is 1.97. The summed E-state index contributed by atoms with van der Waals surface area (Å²) in [6, 6.07) is 8.45. The number of benzene rings is 1. The summed E-state index contributed by atoms with van der Waals surface area (Å²) in [5, 5.41) is 0.778. The van der Waals surface area contributed by atoms with Crippen molar-refractivity contribution < 1.29 is 0 Å². The molecular weight excluding hydrogens is 348 g/mol. The molecule has 1 aliphatic carbocycles. The molecule has 0 atom stereocenters. The van der Waals surface area contributed by atoms with Crippen LogP contribution in [0.2, 0.25) is 5.02 Å². The minimum Gasteiger partial charge on any atom is -0.368 e. The molecule has 2 aliphatic rings. The number of aromatic nitrogens is 2. The summed E-state index contributed by atoms with van der Waals surface area (Å²) in [5.41, 5.74) is 15.4. The first-order chi connectivity index (χ1) is 12.5. The number of nitrogen functional groups attached to an aromatic ring is 1. The van der Waals surface area contributed by atoms with Gasteiger partial charge in [0.25, 0.3) is 0 Å². The Kier molecular flexibility index (Phi) is 4.63. The molecule has 2 fully saturated rings. The molecule has 0 bridgehead atoms. The Hall–Kier alpha value is -2.05. The van der Waals surface area contributed by atoms with Gasteiger partial charge < -0.3 is 21.3 Å². The van der Waals surface area contributed by atoms with E-state index in [1.165, 1.54) is 11.3 Å². The van der Waals surface area contributed by atoms with Gasteiger partial charge in [-0.3, -0.25) is 0 Å². The van der Waals surface area contributed by atoms with Crippen molar-refractivity contribution in [1.29, 1.82) is 0 Å². The number of aryl methyl sites for hydroxylation is 1. The summed E-state index contributed by atoms with van der Waals surface area (Å²) < 4.78 is 0. The highest BCUT2D eigenvalue weighted by Crippen LogP contribution is 2.36. The van der Waals surface area contributed by atoms with Crippen molar-refractivity contribution in [1.82, 2.24) is 9.97 Å². The van der Waals surface area contributed by atoms with Crippen LogP contribution in [-0.4, -0.2) is 42.2 Å². The highest BCUT2D eigenvalue weighted by Gasteiger charge is 2.30. The van der Waals surface area contributed by atoms with Gasteiger partial charge in [0.1, 0.15) is 5.82 Å². The smallest absolute Gasteiger partial charge is 0.222 e. The van der Waals surface area contributed by atoms with Crippen LogP contribution in [0.1, 0.15) is 30.0 Å². The lowest BCUT2D eigenvalue weighted by Gasteiger charge is -2.38.